The summed E-state index contributed by atoms with van der Waals surface area (Å²) < 4.78 is 13.1. The Balaban J connectivity index is 1.27. The van der Waals surface area contributed by atoms with Crippen molar-refractivity contribution in [3.05, 3.63) is 30.0 Å². The maximum atomic E-state index is 12.8. The van der Waals surface area contributed by atoms with E-state index in [9.17, 15) is 9.59 Å². The second-order valence-corrected chi connectivity index (χ2v) is 7.70. The first-order chi connectivity index (χ1) is 14.1. The van der Waals surface area contributed by atoms with Crippen molar-refractivity contribution >= 4 is 23.3 Å². The molecule has 9 heteroatoms. The van der Waals surface area contributed by atoms with Gasteiger partial charge in [0.1, 0.15) is 13.2 Å². The van der Waals surface area contributed by atoms with Crippen LogP contribution in [0.4, 0.5) is 11.5 Å². The van der Waals surface area contributed by atoms with Crippen molar-refractivity contribution in [3.63, 3.8) is 0 Å². The topological polar surface area (TPSA) is 88.9 Å². The Morgan fingerprint density at radius 2 is 2.00 bits per heavy atom. The van der Waals surface area contributed by atoms with Crippen molar-refractivity contribution in [1.29, 1.82) is 0 Å². The van der Waals surface area contributed by atoms with Gasteiger partial charge in [-0.25, -0.2) is 0 Å². The fraction of sp³-hybridized carbons (Fsp3) is 0.450. The largest absolute Gasteiger partial charge is 0.486 e. The molecule has 4 heterocycles. The van der Waals surface area contributed by atoms with Crippen LogP contribution in [0.5, 0.6) is 11.5 Å². The standard InChI is InChI=1S/C20H23N5O4/c1-23-4-5-25-15(12-23)10-18(22-25)21-20(27)13-8-19(26)24(11-13)14-2-3-16-17(9-14)29-7-6-28-16/h2-3,9-10,13H,4-8,11-12H2,1H3,(H,21,22,27). The van der Waals surface area contributed by atoms with E-state index in [2.05, 4.69) is 22.4 Å². The smallest absolute Gasteiger partial charge is 0.231 e. The third-order valence-electron chi connectivity index (χ3n) is 5.57. The summed E-state index contributed by atoms with van der Waals surface area (Å²) in [5.41, 5.74) is 1.80. The molecule has 0 spiro atoms. The fourth-order valence-electron chi connectivity index (χ4n) is 4.02. The number of hydrogen-bond acceptors (Lipinski definition) is 6. The molecule has 1 aromatic carbocycles. The minimum absolute atomic E-state index is 0.0763. The molecule has 1 fully saturated rings. The van der Waals surface area contributed by atoms with Crippen molar-refractivity contribution < 1.29 is 19.1 Å². The number of anilines is 2. The highest BCUT2D eigenvalue weighted by molar-refractivity contribution is 6.03. The van der Waals surface area contributed by atoms with Gasteiger partial charge in [0.25, 0.3) is 0 Å². The number of carbonyl (C=O) groups excluding carboxylic acids is 2. The fourth-order valence-corrected chi connectivity index (χ4v) is 4.02. The monoisotopic (exact) mass is 397 g/mol. The van der Waals surface area contributed by atoms with Crippen molar-refractivity contribution in [3.8, 4) is 11.5 Å². The van der Waals surface area contributed by atoms with Crippen LogP contribution in [0.2, 0.25) is 0 Å². The van der Waals surface area contributed by atoms with E-state index in [1.807, 2.05) is 16.8 Å². The first-order valence-electron chi connectivity index (χ1n) is 9.83. The zero-order chi connectivity index (χ0) is 20.0. The van der Waals surface area contributed by atoms with Crippen molar-refractivity contribution in [2.45, 2.75) is 19.5 Å². The lowest BCUT2D eigenvalue weighted by molar-refractivity contribution is -0.122. The van der Waals surface area contributed by atoms with Gasteiger partial charge in [-0.05, 0) is 19.2 Å². The number of benzene rings is 1. The maximum absolute atomic E-state index is 12.8. The molecule has 2 aromatic rings. The summed E-state index contributed by atoms with van der Waals surface area (Å²) in [6.45, 7) is 3.89. The Morgan fingerprint density at radius 3 is 2.86 bits per heavy atom. The second-order valence-electron chi connectivity index (χ2n) is 7.70. The van der Waals surface area contributed by atoms with Crippen LogP contribution in [0, 0.1) is 5.92 Å². The van der Waals surface area contributed by atoms with E-state index in [0.29, 0.717) is 37.1 Å². The zero-order valence-electron chi connectivity index (χ0n) is 16.3. The molecule has 0 radical (unpaired) electrons. The van der Waals surface area contributed by atoms with Crippen LogP contribution in [0.3, 0.4) is 0 Å². The summed E-state index contributed by atoms with van der Waals surface area (Å²) in [5, 5.41) is 7.36. The molecule has 1 aromatic heterocycles. The number of amides is 2. The zero-order valence-corrected chi connectivity index (χ0v) is 16.3. The second kappa shape index (κ2) is 7.07. The summed E-state index contributed by atoms with van der Waals surface area (Å²) >= 11 is 0. The number of aromatic nitrogens is 2. The number of nitrogens with one attached hydrogen (secondary N) is 1. The molecule has 9 nitrogen and oxygen atoms in total. The normalized spacial score (nSPS) is 21.2. The van der Waals surface area contributed by atoms with E-state index >= 15 is 0 Å². The van der Waals surface area contributed by atoms with Gasteiger partial charge in [0, 0.05) is 43.9 Å². The highest BCUT2D eigenvalue weighted by atomic mass is 16.6. The van der Waals surface area contributed by atoms with Crippen LogP contribution >= 0.6 is 0 Å². The van der Waals surface area contributed by atoms with Crippen molar-refractivity contribution in [1.82, 2.24) is 14.7 Å². The van der Waals surface area contributed by atoms with E-state index in [-0.39, 0.29) is 18.2 Å². The lowest BCUT2D eigenvalue weighted by atomic mass is 10.1. The molecule has 5 rings (SSSR count). The van der Waals surface area contributed by atoms with Crippen LogP contribution in [0.25, 0.3) is 0 Å². The quantitative estimate of drug-likeness (QED) is 0.834. The van der Waals surface area contributed by atoms with Crippen LogP contribution in [-0.2, 0) is 22.7 Å². The molecule has 29 heavy (non-hydrogen) atoms. The van der Waals surface area contributed by atoms with Gasteiger partial charge in [-0.3, -0.25) is 19.2 Å². The first-order valence-corrected chi connectivity index (χ1v) is 9.83. The van der Waals surface area contributed by atoms with Gasteiger partial charge in [0.05, 0.1) is 18.2 Å². The van der Waals surface area contributed by atoms with E-state index < -0.39 is 5.92 Å². The number of ether oxygens (including phenoxy) is 2. The van der Waals surface area contributed by atoms with Gasteiger partial charge in [0.15, 0.2) is 17.3 Å². The molecular weight excluding hydrogens is 374 g/mol. The Bertz CT molecular complexity index is 972. The summed E-state index contributed by atoms with van der Waals surface area (Å²) in [6, 6.07) is 7.33. The Labute approximate surface area is 168 Å². The number of nitrogens with zero attached hydrogens (tertiary/aromatic N) is 4. The number of carbonyl (C=O) groups is 2. The number of fused-ring (bicyclic) bond motifs is 2. The number of likely N-dealkylation sites (N-methyl/N-ethyl adjacent to an activating group) is 1. The van der Waals surface area contributed by atoms with Crippen molar-refractivity contribution in [2.24, 2.45) is 5.92 Å². The molecule has 1 saturated heterocycles. The number of rotatable bonds is 3. The summed E-state index contributed by atoms with van der Waals surface area (Å²) in [6.07, 6.45) is 0.177. The minimum Gasteiger partial charge on any atom is -0.486 e. The van der Waals surface area contributed by atoms with E-state index in [0.717, 1.165) is 31.0 Å². The predicted octanol–water partition coefficient (Wildman–Crippen LogP) is 1.09. The molecule has 2 amide bonds. The van der Waals surface area contributed by atoms with E-state index in [4.69, 9.17) is 9.47 Å². The average molecular weight is 397 g/mol. The molecule has 152 valence electrons. The maximum Gasteiger partial charge on any atom is 0.231 e. The van der Waals surface area contributed by atoms with Crippen LogP contribution in [0.15, 0.2) is 24.3 Å². The molecule has 0 bridgehead atoms. The van der Waals surface area contributed by atoms with Gasteiger partial charge in [-0.15, -0.1) is 0 Å². The van der Waals surface area contributed by atoms with Gasteiger partial charge in [0.2, 0.25) is 11.8 Å². The molecule has 0 saturated carbocycles. The minimum atomic E-state index is -0.419. The lowest BCUT2D eigenvalue weighted by Crippen LogP contribution is -2.30. The molecule has 0 aliphatic carbocycles. The molecule has 1 N–H and O–H groups in total. The van der Waals surface area contributed by atoms with Gasteiger partial charge >= 0.3 is 0 Å². The first kappa shape index (κ1) is 18.0. The predicted molar refractivity (Wildman–Crippen MR) is 105 cm³/mol. The highest BCUT2D eigenvalue weighted by Gasteiger charge is 2.36. The van der Waals surface area contributed by atoms with Gasteiger partial charge in [-0.2, -0.15) is 5.10 Å². The summed E-state index contributed by atoms with van der Waals surface area (Å²) in [4.78, 5) is 29.2. The number of hydrogen-bond donors (Lipinski definition) is 1. The third kappa shape index (κ3) is 3.42. The van der Waals surface area contributed by atoms with Crippen LogP contribution in [-0.4, -0.2) is 59.8 Å². The third-order valence-corrected chi connectivity index (χ3v) is 5.57. The average Bonchev–Trinajstić information content (AvgIpc) is 3.30. The molecule has 3 aliphatic heterocycles. The Morgan fingerprint density at radius 1 is 1.17 bits per heavy atom. The molecule has 1 atom stereocenters. The summed E-state index contributed by atoms with van der Waals surface area (Å²) in [7, 11) is 2.06. The summed E-state index contributed by atoms with van der Waals surface area (Å²) in [5.74, 6) is 1.18. The van der Waals surface area contributed by atoms with Crippen molar-refractivity contribution in [2.75, 3.05) is 43.6 Å². The van der Waals surface area contributed by atoms with E-state index in [1.54, 1.807) is 17.0 Å². The van der Waals surface area contributed by atoms with Crippen LogP contribution < -0.4 is 19.7 Å². The molecular formula is C20H23N5O4. The van der Waals surface area contributed by atoms with Gasteiger partial charge in [-0.1, -0.05) is 0 Å². The lowest BCUT2D eigenvalue weighted by Gasteiger charge is -2.22. The van der Waals surface area contributed by atoms with E-state index in [1.165, 1.54) is 0 Å². The molecule has 1 unspecified atom stereocenters. The Hall–Kier alpha value is -3.07. The molecule has 3 aliphatic rings. The SMILES string of the molecule is CN1CCn2nc(NC(=O)C3CC(=O)N(c4ccc5c(c4)OCCO5)C3)cc2C1. The van der Waals surface area contributed by atoms with Crippen LogP contribution in [0.1, 0.15) is 12.1 Å². The highest BCUT2D eigenvalue weighted by Crippen LogP contribution is 2.36. The Kier molecular flexibility index (Phi) is 4.39. The van der Waals surface area contributed by atoms with Gasteiger partial charge < -0.3 is 19.7 Å².